The van der Waals surface area contributed by atoms with Crippen LogP contribution in [-0.2, 0) is 4.74 Å². The summed E-state index contributed by atoms with van der Waals surface area (Å²) in [5.41, 5.74) is 2.28. The molecule has 1 saturated carbocycles. The molecule has 1 atom stereocenters. The van der Waals surface area contributed by atoms with Crippen LogP contribution < -0.4 is 4.90 Å². The Kier molecular flexibility index (Phi) is 2.63. The van der Waals surface area contributed by atoms with Crippen LogP contribution in [0.4, 0.5) is 5.69 Å². The van der Waals surface area contributed by atoms with Gasteiger partial charge in [0.15, 0.2) is 0 Å². The normalized spacial score (nSPS) is 28.2. The second-order valence-corrected chi connectivity index (χ2v) is 5.30. The maximum absolute atomic E-state index is 5.41. The Hall–Kier alpha value is -2.08. The molecular formula is C14H17N5O. The molecule has 1 N–H and O–H groups in total. The van der Waals surface area contributed by atoms with Gasteiger partial charge in [0.25, 0.3) is 0 Å². The molecule has 1 fully saturated rings. The Morgan fingerprint density at radius 1 is 1.40 bits per heavy atom. The Morgan fingerprint density at radius 3 is 3.05 bits per heavy atom. The van der Waals surface area contributed by atoms with Crippen molar-refractivity contribution in [3.63, 3.8) is 0 Å². The quantitative estimate of drug-likeness (QED) is 0.925. The first-order chi connectivity index (χ1) is 9.86. The van der Waals surface area contributed by atoms with Crippen molar-refractivity contribution in [3.05, 3.63) is 36.7 Å². The summed E-state index contributed by atoms with van der Waals surface area (Å²) in [6, 6.07) is 2.57. The summed E-state index contributed by atoms with van der Waals surface area (Å²) in [5.74, 6) is 0. The first-order valence-corrected chi connectivity index (χ1v) is 6.86. The Bertz CT molecular complexity index is 611. The lowest BCUT2D eigenvalue weighted by Gasteiger charge is -2.46. The van der Waals surface area contributed by atoms with Crippen molar-refractivity contribution in [1.82, 2.24) is 14.5 Å². The van der Waals surface area contributed by atoms with Crippen LogP contribution in [0.1, 0.15) is 24.8 Å². The van der Waals surface area contributed by atoms with E-state index in [9.17, 15) is 0 Å². The number of H-pyrrole nitrogens is 1. The van der Waals surface area contributed by atoms with Crippen LogP contribution in [0.3, 0.4) is 0 Å². The topological polar surface area (TPSA) is 58.4 Å². The number of aromatic nitrogens is 3. The molecule has 0 bridgehead atoms. The van der Waals surface area contributed by atoms with Gasteiger partial charge < -0.3 is 14.6 Å². The molecule has 1 unspecified atom stereocenters. The van der Waals surface area contributed by atoms with Crippen LogP contribution in [0.2, 0.25) is 0 Å². The minimum absolute atomic E-state index is 0.0522. The number of nitrogens with one attached hydrogen (secondary N) is 1. The standard InChI is InChI=1S/C14H17N5O/c1-20-11-6-10(7-11)19-13-2-3-16-12(13)8-17-14(19)18-5-4-15-9-18/h2-5,8-11,14,16H,6-7H2,1H3. The zero-order valence-electron chi connectivity index (χ0n) is 11.3. The van der Waals surface area contributed by atoms with E-state index in [0.717, 1.165) is 18.5 Å². The van der Waals surface area contributed by atoms with E-state index < -0.39 is 0 Å². The highest BCUT2D eigenvalue weighted by molar-refractivity contribution is 5.88. The van der Waals surface area contributed by atoms with Gasteiger partial charge in [0.05, 0.1) is 30.0 Å². The highest BCUT2D eigenvalue weighted by Crippen LogP contribution is 2.39. The number of imidazole rings is 1. The van der Waals surface area contributed by atoms with E-state index in [4.69, 9.17) is 4.74 Å². The van der Waals surface area contributed by atoms with E-state index >= 15 is 0 Å². The zero-order valence-corrected chi connectivity index (χ0v) is 11.3. The van der Waals surface area contributed by atoms with Crippen molar-refractivity contribution in [2.75, 3.05) is 12.0 Å². The van der Waals surface area contributed by atoms with Crippen LogP contribution in [0, 0.1) is 0 Å². The third kappa shape index (κ3) is 1.68. The molecule has 2 aromatic rings. The van der Waals surface area contributed by atoms with E-state index in [0.29, 0.717) is 12.1 Å². The number of nitrogens with zero attached hydrogens (tertiary/aromatic N) is 4. The maximum atomic E-state index is 5.41. The number of hydrogen-bond acceptors (Lipinski definition) is 4. The number of aliphatic imine (C=N–C) groups is 1. The molecular weight excluding hydrogens is 254 g/mol. The van der Waals surface area contributed by atoms with E-state index in [-0.39, 0.29) is 6.29 Å². The van der Waals surface area contributed by atoms with Gasteiger partial charge in [-0.05, 0) is 18.9 Å². The second kappa shape index (κ2) is 4.49. The highest BCUT2D eigenvalue weighted by Gasteiger charge is 2.39. The SMILES string of the molecule is COC1CC(N2c3cc[nH]c3C=NC2n2ccnc2)C1. The summed E-state index contributed by atoms with van der Waals surface area (Å²) in [6.07, 6.45) is 11.8. The molecule has 6 nitrogen and oxygen atoms in total. The molecule has 104 valence electrons. The van der Waals surface area contributed by atoms with E-state index in [1.54, 1.807) is 13.3 Å². The van der Waals surface area contributed by atoms with Gasteiger partial charge in [0, 0.05) is 31.7 Å². The van der Waals surface area contributed by atoms with Crippen molar-refractivity contribution in [2.24, 2.45) is 4.99 Å². The van der Waals surface area contributed by atoms with Gasteiger partial charge in [0.1, 0.15) is 0 Å². The summed E-state index contributed by atoms with van der Waals surface area (Å²) < 4.78 is 7.44. The monoisotopic (exact) mass is 271 g/mol. The molecule has 1 aliphatic carbocycles. The van der Waals surface area contributed by atoms with Gasteiger partial charge in [-0.25, -0.2) is 9.98 Å². The first kappa shape index (κ1) is 11.7. The van der Waals surface area contributed by atoms with Crippen molar-refractivity contribution >= 4 is 11.9 Å². The zero-order chi connectivity index (χ0) is 13.5. The van der Waals surface area contributed by atoms with Gasteiger partial charge in [-0.1, -0.05) is 0 Å². The number of anilines is 1. The third-order valence-corrected chi connectivity index (χ3v) is 4.21. The molecule has 0 spiro atoms. The fraction of sp³-hybridized carbons (Fsp3) is 0.429. The molecule has 0 amide bonds. The summed E-state index contributed by atoms with van der Waals surface area (Å²) >= 11 is 0. The van der Waals surface area contributed by atoms with Gasteiger partial charge in [0.2, 0.25) is 6.29 Å². The lowest BCUT2D eigenvalue weighted by atomic mass is 9.87. The molecule has 4 rings (SSSR count). The largest absolute Gasteiger partial charge is 0.381 e. The number of aromatic amines is 1. The van der Waals surface area contributed by atoms with Crippen molar-refractivity contribution in [3.8, 4) is 0 Å². The fourth-order valence-corrected chi connectivity index (χ4v) is 3.01. The average Bonchev–Trinajstić information content (AvgIpc) is 3.08. The second-order valence-electron chi connectivity index (χ2n) is 5.30. The van der Waals surface area contributed by atoms with Crippen LogP contribution in [0.5, 0.6) is 0 Å². The van der Waals surface area contributed by atoms with E-state index in [2.05, 4.69) is 25.9 Å². The Balaban J connectivity index is 1.69. The van der Waals surface area contributed by atoms with E-state index in [1.165, 1.54) is 5.69 Å². The summed E-state index contributed by atoms with van der Waals surface area (Å²) in [4.78, 5) is 14.4. The number of rotatable bonds is 3. The maximum Gasteiger partial charge on any atom is 0.203 e. The lowest BCUT2D eigenvalue weighted by molar-refractivity contribution is 0.0216. The van der Waals surface area contributed by atoms with Crippen LogP contribution >= 0.6 is 0 Å². The minimum Gasteiger partial charge on any atom is -0.381 e. The summed E-state index contributed by atoms with van der Waals surface area (Å²) in [7, 11) is 1.78. The first-order valence-electron chi connectivity index (χ1n) is 6.86. The molecule has 3 heterocycles. The molecule has 1 aliphatic heterocycles. The molecule has 0 aromatic carbocycles. The van der Waals surface area contributed by atoms with Crippen molar-refractivity contribution < 1.29 is 4.74 Å². The lowest BCUT2D eigenvalue weighted by Crippen LogP contribution is -2.51. The molecule has 0 radical (unpaired) electrons. The van der Waals surface area contributed by atoms with Gasteiger partial charge in [-0.3, -0.25) is 4.57 Å². The molecule has 6 heteroatoms. The summed E-state index contributed by atoms with van der Waals surface area (Å²) in [5, 5.41) is 0. The number of ether oxygens (including phenoxy) is 1. The molecule has 0 saturated heterocycles. The van der Waals surface area contributed by atoms with Gasteiger partial charge in [-0.15, -0.1) is 0 Å². The van der Waals surface area contributed by atoms with E-state index in [1.807, 2.05) is 29.5 Å². The average molecular weight is 271 g/mol. The fourth-order valence-electron chi connectivity index (χ4n) is 3.01. The van der Waals surface area contributed by atoms with Gasteiger partial charge >= 0.3 is 0 Å². The third-order valence-electron chi connectivity index (χ3n) is 4.21. The smallest absolute Gasteiger partial charge is 0.203 e. The van der Waals surface area contributed by atoms with Crippen molar-refractivity contribution in [1.29, 1.82) is 0 Å². The number of fused-ring (bicyclic) bond motifs is 1. The van der Waals surface area contributed by atoms with Crippen LogP contribution in [0.25, 0.3) is 0 Å². The predicted molar refractivity (Wildman–Crippen MR) is 75.9 cm³/mol. The highest BCUT2D eigenvalue weighted by atomic mass is 16.5. The summed E-state index contributed by atoms with van der Waals surface area (Å²) in [6.45, 7) is 0. The van der Waals surface area contributed by atoms with Crippen molar-refractivity contribution in [2.45, 2.75) is 31.3 Å². The molecule has 2 aliphatic rings. The minimum atomic E-state index is -0.0522. The van der Waals surface area contributed by atoms with Crippen LogP contribution in [0.15, 0.2) is 36.0 Å². The number of methoxy groups -OCH3 is 1. The van der Waals surface area contributed by atoms with Gasteiger partial charge in [-0.2, -0.15) is 0 Å². The number of hydrogen-bond donors (Lipinski definition) is 1. The van der Waals surface area contributed by atoms with Crippen LogP contribution in [-0.4, -0.2) is 40.0 Å². The Labute approximate surface area is 117 Å². The molecule has 2 aromatic heterocycles. The predicted octanol–water partition coefficient (Wildman–Crippen LogP) is 1.78. The molecule has 20 heavy (non-hydrogen) atoms. The Morgan fingerprint density at radius 2 is 2.30 bits per heavy atom.